The van der Waals surface area contributed by atoms with Gasteiger partial charge in [-0.1, -0.05) is 18.6 Å². The Hall–Kier alpha value is -1.88. The standard InChI is InChI=1S/C22H31N3O2/c1-13(14-7-9-19(10-8-14)25-21(26)15-5-6-15)24-22(27)18-11-16-3-2-4-17(12-18)20(16)23/h7-10,13,15-18,20H,2-6,11-12,23H2,1H3,(H,24,27)(H,25,26). The van der Waals surface area contributed by atoms with Crippen LogP contribution in [-0.2, 0) is 9.59 Å². The fourth-order valence-corrected chi connectivity index (χ4v) is 4.86. The van der Waals surface area contributed by atoms with E-state index >= 15 is 0 Å². The number of amides is 2. The van der Waals surface area contributed by atoms with E-state index in [2.05, 4.69) is 10.6 Å². The van der Waals surface area contributed by atoms with E-state index in [1.54, 1.807) is 0 Å². The smallest absolute Gasteiger partial charge is 0.227 e. The Kier molecular flexibility index (Phi) is 5.22. The van der Waals surface area contributed by atoms with Gasteiger partial charge in [-0.05, 0) is 75.0 Å². The zero-order valence-electron chi connectivity index (χ0n) is 16.1. The van der Waals surface area contributed by atoms with Gasteiger partial charge in [-0.2, -0.15) is 0 Å². The first kappa shape index (κ1) is 18.5. The van der Waals surface area contributed by atoms with Gasteiger partial charge >= 0.3 is 0 Å². The van der Waals surface area contributed by atoms with Gasteiger partial charge in [0.15, 0.2) is 0 Å². The number of hydrogen-bond acceptors (Lipinski definition) is 3. The summed E-state index contributed by atoms with van der Waals surface area (Å²) in [6.45, 7) is 2.02. The second-order valence-electron chi connectivity index (χ2n) is 8.81. The van der Waals surface area contributed by atoms with Gasteiger partial charge in [-0.25, -0.2) is 0 Å². The maximum atomic E-state index is 12.8. The molecule has 0 heterocycles. The van der Waals surface area contributed by atoms with Crippen molar-refractivity contribution >= 4 is 17.5 Å². The summed E-state index contributed by atoms with van der Waals surface area (Å²) in [6, 6.07) is 8.06. The number of benzene rings is 1. The fraction of sp³-hybridized carbons (Fsp3) is 0.636. The summed E-state index contributed by atoms with van der Waals surface area (Å²) in [5.74, 6) is 1.60. The predicted molar refractivity (Wildman–Crippen MR) is 106 cm³/mol. The molecule has 5 heteroatoms. The molecule has 27 heavy (non-hydrogen) atoms. The average molecular weight is 370 g/mol. The molecule has 3 fully saturated rings. The first-order valence-electron chi connectivity index (χ1n) is 10.5. The molecule has 4 rings (SSSR count). The maximum absolute atomic E-state index is 12.8. The van der Waals surface area contributed by atoms with E-state index in [0.29, 0.717) is 17.9 Å². The summed E-state index contributed by atoms with van der Waals surface area (Å²) in [7, 11) is 0. The van der Waals surface area contributed by atoms with Crippen molar-refractivity contribution in [3.8, 4) is 0 Å². The molecule has 2 bridgehead atoms. The van der Waals surface area contributed by atoms with Crippen LogP contribution in [0.3, 0.4) is 0 Å². The molecule has 146 valence electrons. The second kappa shape index (κ2) is 7.63. The molecule has 3 atom stereocenters. The number of carbonyl (C=O) groups excluding carboxylic acids is 2. The number of rotatable bonds is 5. The largest absolute Gasteiger partial charge is 0.349 e. The summed E-state index contributed by atoms with van der Waals surface area (Å²) in [4.78, 5) is 24.6. The van der Waals surface area contributed by atoms with Crippen LogP contribution >= 0.6 is 0 Å². The zero-order chi connectivity index (χ0) is 19.0. The van der Waals surface area contributed by atoms with E-state index < -0.39 is 0 Å². The molecule has 3 saturated carbocycles. The Morgan fingerprint density at radius 1 is 0.963 bits per heavy atom. The molecule has 0 aromatic heterocycles. The van der Waals surface area contributed by atoms with Gasteiger partial charge in [-0.3, -0.25) is 9.59 Å². The molecular weight excluding hydrogens is 338 g/mol. The molecule has 3 aliphatic carbocycles. The molecule has 3 unspecified atom stereocenters. The van der Waals surface area contributed by atoms with E-state index in [-0.39, 0.29) is 29.7 Å². The molecule has 0 spiro atoms. The number of nitrogens with one attached hydrogen (secondary N) is 2. The number of nitrogens with two attached hydrogens (primary N) is 1. The van der Waals surface area contributed by atoms with Crippen molar-refractivity contribution in [1.82, 2.24) is 5.32 Å². The van der Waals surface area contributed by atoms with Crippen LogP contribution in [0.4, 0.5) is 5.69 Å². The Morgan fingerprint density at radius 3 is 2.19 bits per heavy atom. The minimum atomic E-state index is -0.0406. The molecule has 1 aromatic carbocycles. The highest BCUT2D eigenvalue weighted by atomic mass is 16.2. The van der Waals surface area contributed by atoms with Crippen LogP contribution in [0.1, 0.15) is 63.5 Å². The third-order valence-electron chi connectivity index (χ3n) is 6.77. The topological polar surface area (TPSA) is 84.2 Å². The first-order chi connectivity index (χ1) is 13.0. The van der Waals surface area contributed by atoms with E-state index in [1.807, 2.05) is 31.2 Å². The van der Waals surface area contributed by atoms with Gasteiger partial charge in [0.25, 0.3) is 0 Å². The fourth-order valence-electron chi connectivity index (χ4n) is 4.86. The lowest BCUT2D eigenvalue weighted by Crippen LogP contribution is -2.49. The minimum Gasteiger partial charge on any atom is -0.349 e. The van der Waals surface area contributed by atoms with Crippen molar-refractivity contribution in [3.63, 3.8) is 0 Å². The van der Waals surface area contributed by atoms with Crippen molar-refractivity contribution in [2.75, 3.05) is 5.32 Å². The summed E-state index contributed by atoms with van der Waals surface area (Å²) in [6.07, 6.45) is 7.47. The molecule has 2 amide bonds. The van der Waals surface area contributed by atoms with Crippen LogP contribution in [0, 0.1) is 23.7 Å². The van der Waals surface area contributed by atoms with Gasteiger partial charge in [0.1, 0.15) is 0 Å². The van der Waals surface area contributed by atoms with E-state index in [0.717, 1.165) is 36.9 Å². The lowest BCUT2D eigenvalue weighted by Gasteiger charge is -2.43. The summed E-state index contributed by atoms with van der Waals surface area (Å²) >= 11 is 0. The Bertz CT molecular complexity index is 684. The molecular formula is C22H31N3O2. The second-order valence-corrected chi connectivity index (χ2v) is 8.81. The zero-order valence-corrected chi connectivity index (χ0v) is 16.1. The van der Waals surface area contributed by atoms with Crippen LogP contribution in [0.2, 0.25) is 0 Å². The number of hydrogen-bond donors (Lipinski definition) is 3. The SMILES string of the molecule is CC(NC(=O)C1CC2CCCC(C1)C2N)c1ccc(NC(=O)C2CC2)cc1. The van der Waals surface area contributed by atoms with Crippen LogP contribution in [0.15, 0.2) is 24.3 Å². The Labute approximate surface area is 161 Å². The highest BCUT2D eigenvalue weighted by molar-refractivity contribution is 5.94. The highest BCUT2D eigenvalue weighted by Crippen LogP contribution is 2.42. The third-order valence-corrected chi connectivity index (χ3v) is 6.77. The highest BCUT2D eigenvalue weighted by Gasteiger charge is 2.40. The lowest BCUT2D eigenvalue weighted by atomic mass is 9.65. The van der Waals surface area contributed by atoms with Crippen molar-refractivity contribution < 1.29 is 9.59 Å². The Balaban J connectivity index is 1.32. The van der Waals surface area contributed by atoms with Crippen LogP contribution in [-0.4, -0.2) is 17.9 Å². The van der Waals surface area contributed by atoms with Gasteiger partial charge in [0, 0.05) is 23.6 Å². The average Bonchev–Trinajstić information content (AvgIpc) is 3.47. The van der Waals surface area contributed by atoms with Gasteiger partial charge in [0.05, 0.1) is 6.04 Å². The predicted octanol–water partition coefficient (Wildman–Crippen LogP) is 3.37. The minimum absolute atomic E-state index is 0.0406. The van der Waals surface area contributed by atoms with E-state index in [1.165, 1.54) is 19.3 Å². The van der Waals surface area contributed by atoms with Gasteiger partial charge in [-0.15, -0.1) is 0 Å². The monoisotopic (exact) mass is 369 g/mol. The first-order valence-corrected chi connectivity index (χ1v) is 10.5. The van der Waals surface area contributed by atoms with Crippen molar-refractivity contribution in [2.24, 2.45) is 29.4 Å². The molecule has 1 aromatic rings. The third kappa shape index (κ3) is 4.18. The summed E-state index contributed by atoms with van der Waals surface area (Å²) in [5.41, 5.74) is 8.23. The van der Waals surface area contributed by atoms with E-state index in [9.17, 15) is 9.59 Å². The number of fused-ring (bicyclic) bond motifs is 2. The lowest BCUT2D eigenvalue weighted by molar-refractivity contribution is -0.128. The summed E-state index contributed by atoms with van der Waals surface area (Å²) < 4.78 is 0. The molecule has 4 N–H and O–H groups in total. The van der Waals surface area contributed by atoms with Crippen molar-refractivity contribution in [3.05, 3.63) is 29.8 Å². The molecule has 0 saturated heterocycles. The Morgan fingerprint density at radius 2 is 1.59 bits per heavy atom. The van der Waals surface area contributed by atoms with Crippen LogP contribution in [0.5, 0.6) is 0 Å². The quantitative estimate of drug-likeness (QED) is 0.744. The van der Waals surface area contributed by atoms with Crippen LogP contribution < -0.4 is 16.4 Å². The van der Waals surface area contributed by atoms with Gasteiger partial charge < -0.3 is 16.4 Å². The molecule has 3 aliphatic rings. The van der Waals surface area contributed by atoms with Gasteiger partial charge in [0.2, 0.25) is 11.8 Å². The summed E-state index contributed by atoms with van der Waals surface area (Å²) in [5, 5.41) is 6.14. The number of carbonyl (C=O) groups is 2. The van der Waals surface area contributed by atoms with Crippen LogP contribution in [0.25, 0.3) is 0 Å². The maximum Gasteiger partial charge on any atom is 0.227 e. The molecule has 5 nitrogen and oxygen atoms in total. The molecule has 0 aliphatic heterocycles. The normalized spacial score (nSPS) is 31.0. The van der Waals surface area contributed by atoms with Crippen molar-refractivity contribution in [2.45, 2.75) is 64.0 Å². The van der Waals surface area contributed by atoms with E-state index in [4.69, 9.17) is 5.73 Å². The molecule has 0 radical (unpaired) electrons. The number of anilines is 1. The van der Waals surface area contributed by atoms with Crippen molar-refractivity contribution in [1.29, 1.82) is 0 Å².